The lowest BCUT2D eigenvalue weighted by Gasteiger charge is -2.31. The number of piperidine rings is 1. The Balaban J connectivity index is 1.61. The molecular formula is C13H22N2O3. The predicted octanol–water partition coefficient (Wildman–Crippen LogP) is 0.699. The first-order valence-corrected chi connectivity index (χ1v) is 6.85. The van der Waals surface area contributed by atoms with Crippen molar-refractivity contribution in [1.82, 2.24) is 10.2 Å². The summed E-state index contributed by atoms with van der Waals surface area (Å²) < 4.78 is 0. The number of carbonyl (C=O) groups excluding carboxylic acids is 1. The van der Waals surface area contributed by atoms with Crippen molar-refractivity contribution in [3.8, 4) is 0 Å². The molecule has 0 bridgehead atoms. The van der Waals surface area contributed by atoms with E-state index in [0.29, 0.717) is 19.6 Å². The smallest absolute Gasteiger partial charge is 0.303 e. The minimum atomic E-state index is -0.731. The van der Waals surface area contributed by atoms with Crippen molar-refractivity contribution < 1.29 is 14.7 Å². The molecule has 0 aromatic rings. The minimum Gasteiger partial charge on any atom is -0.481 e. The van der Waals surface area contributed by atoms with Gasteiger partial charge in [-0.25, -0.2) is 0 Å². The van der Waals surface area contributed by atoms with Gasteiger partial charge < -0.3 is 15.3 Å². The lowest BCUT2D eigenvalue weighted by molar-refractivity contribution is -0.138. The van der Waals surface area contributed by atoms with E-state index < -0.39 is 5.97 Å². The highest BCUT2D eigenvalue weighted by Crippen LogP contribution is 2.27. The van der Waals surface area contributed by atoms with Crippen LogP contribution in [0.25, 0.3) is 0 Å². The van der Waals surface area contributed by atoms with E-state index in [1.165, 1.54) is 12.8 Å². The maximum Gasteiger partial charge on any atom is 0.303 e. The van der Waals surface area contributed by atoms with Crippen molar-refractivity contribution >= 4 is 11.9 Å². The second-order valence-electron chi connectivity index (χ2n) is 5.50. The number of nitrogens with one attached hydrogen (secondary N) is 1. The van der Waals surface area contributed by atoms with E-state index in [0.717, 1.165) is 25.3 Å². The highest BCUT2D eigenvalue weighted by molar-refractivity contribution is 5.78. The Morgan fingerprint density at radius 2 is 1.78 bits per heavy atom. The summed E-state index contributed by atoms with van der Waals surface area (Å²) in [6.45, 7) is 2.81. The van der Waals surface area contributed by atoms with Crippen molar-refractivity contribution in [2.45, 2.75) is 32.1 Å². The molecule has 1 aliphatic heterocycles. The van der Waals surface area contributed by atoms with Gasteiger partial charge in [0, 0.05) is 19.5 Å². The molecule has 1 heterocycles. The number of nitrogens with zero attached hydrogens (tertiary/aromatic N) is 1. The molecule has 0 radical (unpaired) electrons. The molecule has 5 heteroatoms. The van der Waals surface area contributed by atoms with Gasteiger partial charge in [-0.2, -0.15) is 0 Å². The summed E-state index contributed by atoms with van der Waals surface area (Å²) >= 11 is 0. The quantitative estimate of drug-likeness (QED) is 0.732. The third-order valence-corrected chi connectivity index (χ3v) is 3.84. The van der Waals surface area contributed by atoms with Crippen LogP contribution in [-0.4, -0.2) is 48.1 Å². The van der Waals surface area contributed by atoms with Gasteiger partial charge in [0.2, 0.25) is 5.91 Å². The zero-order valence-corrected chi connectivity index (χ0v) is 10.7. The number of rotatable bonds is 6. The van der Waals surface area contributed by atoms with Gasteiger partial charge in [0.1, 0.15) is 0 Å². The number of carboxylic acids is 1. The number of aliphatic carboxylic acids is 1. The number of hydrogen-bond acceptors (Lipinski definition) is 3. The third kappa shape index (κ3) is 4.29. The van der Waals surface area contributed by atoms with Gasteiger partial charge in [0.05, 0.1) is 6.54 Å². The lowest BCUT2D eigenvalue weighted by atomic mass is 9.93. The first-order chi connectivity index (χ1) is 8.65. The topological polar surface area (TPSA) is 69.6 Å². The molecule has 1 saturated carbocycles. The van der Waals surface area contributed by atoms with E-state index in [1.54, 1.807) is 0 Å². The van der Waals surface area contributed by atoms with Crippen LogP contribution in [0.1, 0.15) is 32.1 Å². The molecule has 0 atom stereocenters. The Morgan fingerprint density at radius 3 is 2.33 bits per heavy atom. The van der Waals surface area contributed by atoms with E-state index in [-0.39, 0.29) is 18.2 Å². The molecule has 18 heavy (non-hydrogen) atoms. The van der Waals surface area contributed by atoms with E-state index in [1.807, 2.05) is 4.90 Å². The highest BCUT2D eigenvalue weighted by atomic mass is 16.4. The second-order valence-corrected chi connectivity index (χ2v) is 5.50. The Kier molecular flexibility index (Phi) is 4.58. The molecule has 1 amide bonds. The van der Waals surface area contributed by atoms with E-state index in [2.05, 4.69) is 5.32 Å². The number of carboxylic acid groups (broad SMARTS) is 1. The van der Waals surface area contributed by atoms with Crippen LogP contribution in [0.4, 0.5) is 0 Å². The fourth-order valence-corrected chi connectivity index (χ4v) is 2.45. The number of amides is 1. The predicted molar refractivity (Wildman–Crippen MR) is 67.2 cm³/mol. The molecule has 0 aromatic carbocycles. The van der Waals surface area contributed by atoms with Crippen LogP contribution in [0, 0.1) is 11.8 Å². The van der Waals surface area contributed by atoms with Crippen LogP contribution in [0.5, 0.6) is 0 Å². The zero-order valence-electron chi connectivity index (χ0n) is 10.7. The van der Waals surface area contributed by atoms with Crippen LogP contribution < -0.4 is 5.32 Å². The number of hydrogen-bond donors (Lipinski definition) is 2. The molecule has 1 saturated heterocycles. The van der Waals surface area contributed by atoms with Gasteiger partial charge in [-0.3, -0.25) is 9.59 Å². The molecule has 5 nitrogen and oxygen atoms in total. The maximum atomic E-state index is 11.9. The van der Waals surface area contributed by atoms with Crippen LogP contribution in [-0.2, 0) is 9.59 Å². The monoisotopic (exact) mass is 254 g/mol. The summed E-state index contributed by atoms with van der Waals surface area (Å²) in [5.41, 5.74) is 0. The first kappa shape index (κ1) is 13.3. The number of carbonyl (C=O) groups is 2. The van der Waals surface area contributed by atoms with Gasteiger partial charge in [-0.1, -0.05) is 0 Å². The Bertz CT molecular complexity index is 307. The highest BCUT2D eigenvalue weighted by Gasteiger charge is 2.25. The summed E-state index contributed by atoms with van der Waals surface area (Å²) in [5.74, 6) is 0.459. The molecule has 2 aliphatic rings. The lowest BCUT2D eigenvalue weighted by Crippen LogP contribution is -2.43. The van der Waals surface area contributed by atoms with Gasteiger partial charge >= 0.3 is 5.97 Å². The molecule has 102 valence electrons. The van der Waals surface area contributed by atoms with E-state index in [9.17, 15) is 9.59 Å². The van der Waals surface area contributed by atoms with E-state index >= 15 is 0 Å². The molecule has 0 spiro atoms. The molecule has 0 unspecified atom stereocenters. The van der Waals surface area contributed by atoms with Gasteiger partial charge in [-0.05, 0) is 44.1 Å². The van der Waals surface area contributed by atoms with Gasteiger partial charge in [-0.15, -0.1) is 0 Å². The van der Waals surface area contributed by atoms with Crippen molar-refractivity contribution in [3.05, 3.63) is 0 Å². The Hall–Kier alpha value is -1.10. The van der Waals surface area contributed by atoms with Crippen molar-refractivity contribution in [2.75, 3.05) is 26.2 Å². The average molecular weight is 254 g/mol. The minimum absolute atomic E-state index is 0.157. The second kappa shape index (κ2) is 6.18. The Labute approximate surface area is 108 Å². The summed E-state index contributed by atoms with van der Waals surface area (Å²) in [4.78, 5) is 24.3. The fraction of sp³-hybridized carbons (Fsp3) is 0.846. The van der Waals surface area contributed by atoms with Crippen LogP contribution >= 0.6 is 0 Å². The van der Waals surface area contributed by atoms with Crippen molar-refractivity contribution in [1.29, 1.82) is 0 Å². The average Bonchev–Trinajstić information content (AvgIpc) is 3.13. The largest absolute Gasteiger partial charge is 0.481 e. The summed E-state index contributed by atoms with van der Waals surface area (Å²) in [6, 6.07) is 0. The Morgan fingerprint density at radius 1 is 1.11 bits per heavy atom. The van der Waals surface area contributed by atoms with Crippen LogP contribution in [0.15, 0.2) is 0 Å². The van der Waals surface area contributed by atoms with Crippen LogP contribution in [0.2, 0.25) is 0 Å². The maximum absolute atomic E-state index is 11.9. The third-order valence-electron chi connectivity index (χ3n) is 3.84. The number of likely N-dealkylation sites (tertiary alicyclic amines) is 1. The first-order valence-electron chi connectivity index (χ1n) is 6.85. The SMILES string of the molecule is O=C(O)CC1CCN(C(=O)CNCC2CC2)CC1. The fourth-order valence-electron chi connectivity index (χ4n) is 2.45. The van der Waals surface area contributed by atoms with Gasteiger partial charge in [0.15, 0.2) is 0 Å². The molecule has 2 N–H and O–H groups in total. The normalized spacial score (nSPS) is 21.0. The molecule has 0 aromatic heterocycles. The summed E-state index contributed by atoms with van der Waals surface area (Å²) in [6.07, 6.45) is 4.47. The molecule has 2 rings (SSSR count). The van der Waals surface area contributed by atoms with Crippen LogP contribution in [0.3, 0.4) is 0 Å². The van der Waals surface area contributed by atoms with Crippen molar-refractivity contribution in [2.24, 2.45) is 11.8 Å². The summed E-state index contributed by atoms with van der Waals surface area (Å²) in [7, 11) is 0. The molecule has 1 aliphatic carbocycles. The van der Waals surface area contributed by atoms with Crippen molar-refractivity contribution in [3.63, 3.8) is 0 Å². The summed E-state index contributed by atoms with van der Waals surface area (Å²) in [5, 5.41) is 11.9. The van der Waals surface area contributed by atoms with Gasteiger partial charge in [0.25, 0.3) is 0 Å². The van der Waals surface area contributed by atoms with E-state index in [4.69, 9.17) is 5.11 Å². The zero-order chi connectivity index (χ0) is 13.0. The molecular weight excluding hydrogens is 232 g/mol. The molecule has 2 fully saturated rings. The standard InChI is InChI=1S/C13H22N2O3/c16-12(9-14-8-11-1-2-11)15-5-3-10(4-6-15)7-13(17)18/h10-11,14H,1-9H2,(H,17,18).